The van der Waals surface area contributed by atoms with Gasteiger partial charge >= 0.3 is 6.18 Å². The molecule has 33 heavy (non-hydrogen) atoms. The summed E-state index contributed by atoms with van der Waals surface area (Å²) in [7, 11) is 5.75. The number of unbranched alkanes of at least 4 members (excludes halogenated alkanes) is 4. The summed E-state index contributed by atoms with van der Waals surface area (Å²) in [4.78, 5) is 23.0. The lowest BCUT2D eigenvalue weighted by atomic mass is 10.1. The number of carbonyl (C=O) groups excluding carboxylic acids is 2. The molecule has 1 atom stereocenters. The van der Waals surface area contributed by atoms with E-state index >= 15 is 0 Å². The lowest BCUT2D eigenvalue weighted by Gasteiger charge is -2.30. The maximum atomic E-state index is 13.5. The molecule has 0 aliphatic carbocycles. The number of ether oxygens (including phenoxy) is 1. The minimum Gasteiger partial charge on any atom is -0.550 e. The number of alkyl halides is 3. The molecule has 0 saturated heterocycles. The van der Waals surface area contributed by atoms with E-state index in [0.717, 1.165) is 31.7 Å². The van der Waals surface area contributed by atoms with E-state index in [0.29, 0.717) is 42.1 Å². The molecular weight excluding hydrogens is 444 g/mol. The Bertz CT molecular complexity index is 764. The predicted molar refractivity (Wildman–Crippen MR) is 113 cm³/mol. The van der Waals surface area contributed by atoms with Crippen LogP contribution >= 0.6 is 0 Å². The molecule has 1 aromatic rings. The monoisotopic (exact) mass is 478 g/mol. The largest absolute Gasteiger partial charge is 0.550 e. The number of carbonyl (C=O) groups is 2. The number of nitrogens with one attached hydrogen (secondary N) is 1. The summed E-state index contributed by atoms with van der Waals surface area (Å²) in [6.45, 7) is 0.924. The Morgan fingerprint density at radius 1 is 1.09 bits per heavy atom. The Kier molecular flexibility index (Phi) is 11.8. The van der Waals surface area contributed by atoms with Crippen molar-refractivity contribution in [2.24, 2.45) is 0 Å². The highest BCUT2D eigenvalue weighted by molar-refractivity contribution is 5.77. The van der Waals surface area contributed by atoms with Gasteiger partial charge in [-0.25, -0.2) is 4.39 Å². The topological polar surface area (TPSA) is 78.5 Å². The lowest BCUT2D eigenvalue weighted by molar-refractivity contribution is -0.871. The van der Waals surface area contributed by atoms with E-state index in [4.69, 9.17) is 4.74 Å². The molecule has 0 radical (unpaired) electrons. The quantitative estimate of drug-likeness (QED) is 0.239. The van der Waals surface area contributed by atoms with E-state index in [9.17, 15) is 32.3 Å². The molecule has 0 unspecified atom stereocenters. The number of carboxylic acids is 1. The van der Waals surface area contributed by atoms with Crippen LogP contribution in [-0.4, -0.2) is 56.7 Å². The second-order valence-corrected chi connectivity index (χ2v) is 9.20. The van der Waals surface area contributed by atoms with Crippen molar-refractivity contribution >= 4 is 11.9 Å². The van der Waals surface area contributed by atoms with Crippen LogP contribution in [0.15, 0.2) is 18.2 Å². The van der Waals surface area contributed by atoms with Crippen molar-refractivity contribution in [3.05, 3.63) is 35.1 Å². The number of amides is 1. The van der Waals surface area contributed by atoms with Gasteiger partial charge in [-0.3, -0.25) is 4.79 Å². The molecule has 188 valence electrons. The molecule has 6 nitrogen and oxygen atoms in total. The highest BCUT2D eigenvalue weighted by atomic mass is 19.4. The van der Waals surface area contributed by atoms with Gasteiger partial charge < -0.3 is 24.4 Å². The molecule has 0 aromatic heterocycles. The average molecular weight is 479 g/mol. The molecular formula is C23H34F4N2O4. The number of nitrogens with zero attached hydrogens (tertiary/aromatic N) is 1. The van der Waals surface area contributed by atoms with Crippen LogP contribution < -0.4 is 10.4 Å². The zero-order valence-corrected chi connectivity index (χ0v) is 19.5. The Labute approximate surface area is 192 Å². The van der Waals surface area contributed by atoms with E-state index in [2.05, 4.69) is 5.32 Å². The minimum absolute atomic E-state index is 0.0372. The molecule has 1 rings (SSSR count). The number of likely N-dealkylation sites (N-methyl/N-ethyl adjacent to an activating group) is 1. The molecule has 0 saturated carbocycles. The maximum absolute atomic E-state index is 13.5. The number of hydrogen-bond donors (Lipinski definition) is 1. The van der Waals surface area contributed by atoms with Crippen molar-refractivity contribution in [3.8, 4) is 0 Å². The number of carboxylic acid groups (broad SMARTS) is 1. The van der Waals surface area contributed by atoms with Crippen molar-refractivity contribution in [2.45, 2.75) is 63.8 Å². The number of hydrogen-bond acceptors (Lipinski definition) is 4. The fraction of sp³-hybridized carbons (Fsp3) is 0.652. The number of quaternary nitrogens is 1. The van der Waals surface area contributed by atoms with E-state index in [1.54, 1.807) is 0 Å². The first kappa shape index (κ1) is 28.8. The van der Waals surface area contributed by atoms with E-state index < -0.39 is 29.6 Å². The Balaban J connectivity index is 2.16. The fourth-order valence-electron chi connectivity index (χ4n) is 3.41. The van der Waals surface area contributed by atoms with Gasteiger partial charge in [-0.15, -0.1) is 0 Å². The third-order valence-electron chi connectivity index (χ3n) is 4.85. The van der Waals surface area contributed by atoms with Gasteiger partial charge in [-0.2, -0.15) is 13.2 Å². The summed E-state index contributed by atoms with van der Waals surface area (Å²) in [5.41, 5.74) is -0.948. The molecule has 10 heteroatoms. The van der Waals surface area contributed by atoms with Crippen LogP contribution in [0.5, 0.6) is 0 Å². The van der Waals surface area contributed by atoms with Crippen LogP contribution in [0.25, 0.3) is 0 Å². The summed E-state index contributed by atoms with van der Waals surface area (Å²) in [5, 5.41) is 13.7. The Morgan fingerprint density at radius 3 is 2.30 bits per heavy atom. The molecule has 0 aliphatic heterocycles. The molecule has 0 heterocycles. The van der Waals surface area contributed by atoms with Crippen LogP contribution in [0, 0.1) is 5.82 Å². The smallest absolute Gasteiger partial charge is 0.419 e. The van der Waals surface area contributed by atoms with Crippen LogP contribution in [0.2, 0.25) is 0 Å². The van der Waals surface area contributed by atoms with Gasteiger partial charge in [-0.05, 0) is 30.5 Å². The van der Waals surface area contributed by atoms with Crippen molar-refractivity contribution in [1.82, 2.24) is 5.32 Å². The number of rotatable bonds is 15. The zero-order chi connectivity index (χ0) is 25.1. The first-order chi connectivity index (χ1) is 15.3. The maximum Gasteiger partial charge on any atom is 0.419 e. The molecule has 0 spiro atoms. The molecule has 0 aliphatic rings. The van der Waals surface area contributed by atoms with Gasteiger partial charge in [0.2, 0.25) is 5.91 Å². The minimum atomic E-state index is -4.71. The summed E-state index contributed by atoms with van der Waals surface area (Å²) < 4.78 is 57.1. The molecule has 0 bridgehead atoms. The average Bonchev–Trinajstić information content (AvgIpc) is 2.63. The second kappa shape index (κ2) is 13.5. The summed E-state index contributed by atoms with van der Waals surface area (Å²) >= 11 is 0. The van der Waals surface area contributed by atoms with Gasteiger partial charge in [0, 0.05) is 25.4 Å². The first-order valence-electron chi connectivity index (χ1n) is 11.0. The predicted octanol–water partition coefficient (Wildman–Crippen LogP) is 3.03. The van der Waals surface area contributed by atoms with Crippen LogP contribution in [0.3, 0.4) is 0 Å². The van der Waals surface area contributed by atoms with E-state index in [1.165, 1.54) is 6.07 Å². The number of aliphatic carboxylic acids is 1. The highest BCUT2D eigenvalue weighted by Gasteiger charge is 2.33. The van der Waals surface area contributed by atoms with Crippen LogP contribution in [0.4, 0.5) is 17.6 Å². The summed E-state index contributed by atoms with van der Waals surface area (Å²) in [5.74, 6) is -2.68. The first-order valence-corrected chi connectivity index (χ1v) is 11.0. The number of benzene rings is 1. The molecule has 0 fully saturated rings. The normalized spacial score (nSPS) is 13.1. The van der Waals surface area contributed by atoms with Gasteiger partial charge in [0.15, 0.2) is 0 Å². The van der Waals surface area contributed by atoms with Crippen LogP contribution in [-0.2, 0) is 27.1 Å². The van der Waals surface area contributed by atoms with E-state index in [-0.39, 0.29) is 18.9 Å². The van der Waals surface area contributed by atoms with Crippen molar-refractivity contribution < 1.29 is 41.5 Å². The molecule has 1 N–H and O–H groups in total. The highest BCUT2D eigenvalue weighted by Crippen LogP contribution is 2.31. The fourth-order valence-corrected chi connectivity index (χ4v) is 3.41. The standard InChI is InChI=1S/C23H34F4N2O4/c1-29(2,3)15-18(14-22(31)32)28-21(30)9-7-5-4-6-8-12-33-16-17-10-11-19(20(24)13-17)23(25,26)27/h10-11,13,18H,4-9,12,14-16H2,1-3H3,(H-,28,30,31,32)/t18-/m1/s1. The van der Waals surface area contributed by atoms with E-state index in [1.807, 2.05) is 21.1 Å². The van der Waals surface area contributed by atoms with Crippen LogP contribution in [0.1, 0.15) is 56.1 Å². The summed E-state index contributed by atoms with van der Waals surface area (Å²) in [6.07, 6.45) is -0.625. The SMILES string of the molecule is C[N+](C)(C)C[C@@H](CC(=O)[O-])NC(=O)CCCCCCCOCc1ccc(C(F)(F)F)c(F)c1. The third-order valence-corrected chi connectivity index (χ3v) is 4.85. The van der Waals surface area contributed by atoms with Crippen molar-refractivity contribution in [1.29, 1.82) is 0 Å². The van der Waals surface area contributed by atoms with Gasteiger partial charge in [0.25, 0.3) is 0 Å². The van der Waals surface area contributed by atoms with Gasteiger partial charge in [0.05, 0.1) is 45.9 Å². The van der Waals surface area contributed by atoms with Gasteiger partial charge in [0.1, 0.15) is 5.82 Å². The Morgan fingerprint density at radius 2 is 1.73 bits per heavy atom. The van der Waals surface area contributed by atoms with Crippen molar-refractivity contribution in [3.63, 3.8) is 0 Å². The van der Waals surface area contributed by atoms with Crippen molar-refractivity contribution in [2.75, 3.05) is 34.3 Å². The lowest BCUT2D eigenvalue weighted by Crippen LogP contribution is -2.50. The molecule has 1 aromatic carbocycles. The summed E-state index contributed by atoms with van der Waals surface area (Å²) in [6, 6.07) is 2.28. The zero-order valence-electron chi connectivity index (χ0n) is 19.5. The number of halogens is 4. The Hall–Kier alpha value is -2.20. The molecule has 1 amide bonds. The third kappa shape index (κ3) is 13.2. The second-order valence-electron chi connectivity index (χ2n) is 9.20. The van der Waals surface area contributed by atoms with Gasteiger partial charge in [-0.1, -0.05) is 25.3 Å².